The Hall–Kier alpha value is -1.63. The Labute approximate surface area is 146 Å². The predicted molar refractivity (Wildman–Crippen MR) is 93.6 cm³/mol. The van der Waals surface area contributed by atoms with E-state index >= 15 is 0 Å². The summed E-state index contributed by atoms with van der Waals surface area (Å²) in [5.74, 6) is 0.580. The van der Waals surface area contributed by atoms with Gasteiger partial charge >= 0.3 is 0 Å². The van der Waals surface area contributed by atoms with Crippen LogP contribution in [-0.2, 0) is 6.42 Å². The first-order chi connectivity index (χ1) is 10.7. The Bertz CT molecular complexity index is 645. The number of halogens is 2. The maximum Gasteiger partial charge on any atom is 0.290 e. The highest BCUT2D eigenvalue weighted by molar-refractivity contribution is 6.32. The van der Waals surface area contributed by atoms with Gasteiger partial charge in [0.1, 0.15) is 5.82 Å². The summed E-state index contributed by atoms with van der Waals surface area (Å²) in [4.78, 5) is 16.4. The summed E-state index contributed by atoms with van der Waals surface area (Å²) < 4.78 is 1.64. The minimum atomic E-state index is -0.295. The van der Waals surface area contributed by atoms with Gasteiger partial charge in [0, 0.05) is 13.0 Å². The fraction of sp³-hybridized carbons (Fsp3) is 0.400. The van der Waals surface area contributed by atoms with Crippen LogP contribution in [-0.4, -0.2) is 33.8 Å². The van der Waals surface area contributed by atoms with Crippen LogP contribution >= 0.6 is 24.0 Å². The highest BCUT2D eigenvalue weighted by atomic mass is 35.5. The summed E-state index contributed by atoms with van der Waals surface area (Å²) in [5.41, 5.74) is 6.14. The van der Waals surface area contributed by atoms with Crippen LogP contribution in [0.5, 0.6) is 0 Å². The van der Waals surface area contributed by atoms with E-state index in [2.05, 4.69) is 15.4 Å². The molecule has 1 aromatic carbocycles. The van der Waals surface area contributed by atoms with E-state index in [0.717, 1.165) is 24.4 Å². The van der Waals surface area contributed by atoms with Crippen LogP contribution in [0, 0.1) is 0 Å². The zero-order valence-corrected chi connectivity index (χ0v) is 14.5. The molecule has 1 aromatic heterocycles. The molecule has 0 saturated carbocycles. The van der Waals surface area contributed by atoms with Gasteiger partial charge in [-0.15, -0.1) is 17.5 Å². The van der Waals surface area contributed by atoms with Crippen molar-refractivity contribution in [1.82, 2.24) is 20.1 Å². The second-order valence-electron chi connectivity index (χ2n) is 4.86. The van der Waals surface area contributed by atoms with E-state index in [1.54, 1.807) is 10.7 Å². The second kappa shape index (κ2) is 9.50. The number of hydrogen-bond donors (Lipinski definition) is 2. The maximum absolute atomic E-state index is 12.1. The van der Waals surface area contributed by atoms with Crippen LogP contribution in [0.15, 0.2) is 24.3 Å². The molecule has 0 atom stereocenters. The van der Waals surface area contributed by atoms with Crippen LogP contribution in [0.25, 0.3) is 5.69 Å². The van der Waals surface area contributed by atoms with Gasteiger partial charge in [-0.2, -0.15) is 0 Å². The lowest BCUT2D eigenvalue weighted by Gasteiger charge is -2.06. The Kier molecular flexibility index (Phi) is 8.02. The van der Waals surface area contributed by atoms with Gasteiger partial charge in [-0.05, 0) is 31.5 Å². The molecule has 3 N–H and O–H groups in total. The Morgan fingerprint density at radius 2 is 2.13 bits per heavy atom. The predicted octanol–water partition coefficient (Wildman–Crippen LogP) is 2.37. The topological polar surface area (TPSA) is 85.8 Å². The van der Waals surface area contributed by atoms with Crippen LogP contribution in [0.4, 0.5) is 0 Å². The van der Waals surface area contributed by atoms with Gasteiger partial charge in [0.15, 0.2) is 0 Å². The lowest BCUT2D eigenvalue weighted by molar-refractivity contribution is 0.0943. The number of nitrogens with one attached hydrogen (secondary N) is 1. The fourth-order valence-corrected chi connectivity index (χ4v) is 2.24. The number of amides is 1. The zero-order chi connectivity index (χ0) is 15.9. The van der Waals surface area contributed by atoms with Crippen molar-refractivity contribution in [3.63, 3.8) is 0 Å². The molecule has 6 nitrogen and oxygen atoms in total. The Morgan fingerprint density at radius 1 is 1.39 bits per heavy atom. The summed E-state index contributed by atoms with van der Waals surface area (Å²) in [5, 5.41) is 7.64. The lowest BCUT2D eigenvalue weighted by atomic mass is 10.3. The van der Waals surface area contributed by atoms with E-state index < -0.39 is 0 Å². The molecule has 0 radical (unpaired) electrons. The standard InChI is InChI=1S/C15H20ClN5O.ClH/c1-2-6-13-19-14(15(22)18-10-5-9-17)20-21(13)12-8-4-3-7-11(12)16;/h3-4,7-8H,2,5-6,9-10,17H2,1H3,(H,18,22);1H. The molecule has 1 heterocycles. The number of carbonyl (C=O) groups excluding carboxylic acids is 1. The van der Waals surface area contributed by atoms with Crippen molar-refractivity contribution in [2.24, 2.45) is 5.73 Å². The molecule has 23 heavy (non-hydrogen) atoms. The molecule has 8 heteroatoms. The van der Waals surface area contributed by atoms with E-state index in [-0.39, 0.29) is 24.1 Å². The molecule has 0 spiro atoms. The number of aryl methyl sites for hydroxylation is 1. The minimum Gasteiger partial charge on any atom is -0.349 e. The van der Waals surface area contributed by atoms with Crippen LogP contribution in [0.2, 0.25) is 5.02 Å². The molecular formula is C15H21Cl2N5O. The highest BCUT2D eigenvalue weighted by Crippen LogP contribution is 2.21. The molecule has 1 amide bonds. The molecule has 0 bridgehead atoms. The van der Waals surface area contributed by atoms with E-state index in [1.165, 1.54) is 0 Å². The third kappa shape index (κ3) is 4.92. The molecule has 0 fully saturated rings. The summed E-state index contributed by atoms with van der Waals surface area (Å²) >= 11 is 6.22. The van der Waals surface area contributed by atoms with E-state index in [4.69, 9.17) is 17.3 Å². The third-order valence-corrected chi connectivity index (χ3v) is 3.42. The molecular weight excluding hydrogens is 337 g/mol. The molecule has 2 aromatic rings. The quantitative estimate of drug-likeness (QED) is 0.744. The van der Waals surface area contributed by atoms with Crippen molar-refractivity contribution in [2.45, 2.75) is 26.2 Å². The molecule has 126 valence electrons. The van der Waals surface area contributed by atoms with Crippen molar-refractivity contribution < 1.29 is 4.79 Å². The first kappa shape index (κ1) is 19.4. The van der Waals surface area contributed by atoms with E-state index in [1.807, 2.05) is 25.1 Å². The third-order valence-electron chi connectivity index (χ3n) is 3.10. The molecule has 0 saturated heterocycles. The molecule has 0 aliphatic heterocycles. The number of benzene rings is 1. The first-order valence-electron chi connectivity index (χ1n) is 7.36. The van der Waals surface area contributed by atoms with Gasteiger partial charge in [0.05, 0.1) is 10.7 Å². The number of nitrogens with zero attached hydrogens (tertiary/aromatic N) is 3. The minimum absolute atomic E-state index is 0. The number of rotatable bonds is 7. The summed E-state index contributed by atoms with van der Waals surface area (Å²) in [6.07, 6.45) is 2.34. The second-order valence-corrected chi connectivity index (χ2v) is 5.27. The smallest absolute Gasteiger partial charge is 0.290 e. The van der Waals surface area contributed by atoms with Gasteiger partial charge < -0.3 is 11.1 Å². The van der Waals surface area contributed by atoms with Crippen molar-refractivity contribution in [3.05, 3.63) is 40.9 Å². The van der Waals surface area contributed by atoms with Crippen LogP contribution in [0.3, 0.4) is 0 Å². The monoisotopic (exact) mass is 357 g/mol. The zero-order valence-electron chi connectivity index (χ0n) is 13.0. The average Bonchev–Trinajstić information content (AvgIpc) is 2.92. The number of nitrogens with two attached hydrogens (primary N) is 1. The largest absolute Gasteiger partial charge is 0.349 e. The van der Waals surface area contributed by atoms with Gasteiger partial charge in [-0.3, -0.25) is 4.79 Å². The lowest BCUT2D eigenvalue weighted by Crippen LogP contribution is -2.27. The average molecular weight is 358 g/mol. The maximum atomic E-state index is 12.1. The van der Waals surface area contributed by atoms with Crippen molar-refractivity contribution >= 4 is 29.9 Å². The number of aromatic nitrogens is 3. The number of para-hydroxylation sites is 1. The van der Waals surface area contributed by atoms with Crippen LogP contribution < -0.4 is 11.1 Å². The fourth-order valence-electron chi connectivity index (χ4n) is 2.03. The highest BCUT2D eigenvalue weighted by Gasteiger charge is 2.17. The first-order valence-corrected chi connectivity index (χ1v) is 7.74. The number of hydrogen-bond acceptors (Lipinski definition) is 4. The van der Waals surface area contributed by atoms with Gasteiger partial charge in [-0.25, -0.2) is 9.67 Å². The van der Waals surface area contributed by atoms with Crippen molar-refractivity contribution in [2.75, 3.05) is 13.1 Å². The summed E-state index contributed by atoms with van der Waals surface area (Å²) in [6.45, 7) is 3.09. The van der Waals surface area contributed by atoms with Gasteiger partial charge in [0.25, 0.3) is 5.91 Å². The van der Waals surface area contributed by atoms with E-state index in [0.29, 0.717) is 24.5 Å². The normalized spacial score (nSPS) is 10.2. The van der Waals surface area contributed by atoms with Crippen LogP contribution in [0.1, 0.15) is 36.2 Å². The molecule has 2 rings (SSSR count). The molecule has 0 aliphatic rings. The van der Waals surface area contributed by atoms with Crippen molar-refractivity contribution in [1.29, 1.82) is 0 Å². The summed E-state index contributed by atoms with van der Waals surface area (Å²) in [6, 6.07) is 7.36. The molecule has 0 aliphatic carbocycles. The Balaban J connectivity index is 0.00000264. The SMILES string of the molecule is CCCc1nc(C(=O)NCCCN)nn1-c1ccccc1Cl.Cl. The molecule has 0 unspecified atom stereocenters. The van der Waals surface area contributed by atoms with E-state index in [9.17, 15) is 4.79 Å². The van der Waals surface area contributed by atoms with Gasteiger partial charge in [-0.1, -0.05) is 30.7 Å². The summed E-state index contributed by atoms with van der Waals surface area (Å²) in [7, 11) is 0. The van der Waals surface area contributed by atoms with Crippen molar-refractivity contribution in [3.8, 4) is 5.69 Å². The Morgan fingerprint density at radius 3 is 2.78 bits per heavy atom. The van der Waals surface area contributed by atoms with Gasteiger partial charge in [0.2, 0.25) is 5.82 Å². The number of carbonyl (C=O) groups is 1.